The molecule has 9 unspecified atom stereocenters. The first-order chi connectivity index (χ1) is 27.1. The van der Waals surface area contributed by atoms with E-state index in [2.05, 4.69) is 114 Å². The van der Waals surface area contributed by atoms with E-state index in [-0.39, 0.29) is 41.1 Å². The van der Waals surface area contributed by atoms with Gasteiger partial charge in [-0.05, 0) is 146 Å². The highest BCUT2D eigenvalue weighted by Crippen LogP contribution is 2.46. The van der Waals surface area contributed by atoms with Gasteiger partial charge in [0.25, 0.3) is 0 Å². The SMILES string of the molecule is C=C(CC[C@@H](CC)CC(CC(O)C(C1CCCCC1)C(C)C(=C)C)C(=C)C(C)C(CCC)C(=C)C(=C)C(C)CC(=C)C(C)C(C1=CC=CCC1)C(C)C)CC(C)(C)C. The zero-order chi connectivity index (χ0) is 43.9. The molecule has 1 N–H and O–H groups in total. The summed E-state index contributed by atoms with van der Waals surface area (Å²) in [5, 5.41) is 12.5. The molecule has 0 heterocycles. The van der Waals surface area contributed by atoms with Crippen LogP contribution in [-0.2, 0) is 0 Å². The van der Waals surface area contributed by atoms with E-state index in [0.29, 0.717) is 35.5 Å². The number of allylic oxidation sites excluding steroid dienone is 10. The van der Waals surface area contributed by atoms with Gasteiger partial charge in [0.15, 0.2) is 0 Å². The smallest absolute Gasteiger partial charge is 0.0582 e. The first-order valence-electron chi connectivity index (χ1n) is 24.2. The topological polar surface area (TPSA) is 20.2 Å². The van der Waals surface area contributed by atoms with Crippen LogP contribution in [0.3, 0.4) is 0 Å². The molecule has 330 valence electrons. The molecule has 0 aromatic carbocycles. The molecule has 1 fully saturated rings. The Morgan fingerprint density at radius 1 is 0.828 bits per heavy atom. The van der Waals surface area contributed by atoms with Crippen molar-refractivity contribution in [3.8, 4) is 0 Å². The Morgan fingerprint density at radius 2 is 1.47 bits per heavy atom. The monoisotopic (exact) mass is 797 g/mol. The molecule has 0 aromatic heterocycles. The van der Waals surface area contributed by atoms with E-state index in [1.807, 2.05) is 0 Å². The van der Waals surface area contributed by atoms with Crippen molar-refractivity contribution < 1.29 is 5.11 Å². The minimum atomic E-state index is -0.372. The van der Waals surface area contributed by atoms with Crippen LogP contribution in [0.1, 0.15) is 186 Å². The number of aliphatic hydroxyl groups excluding tert-OH is 1. The number of hydrogen-bond acceptors (Lipinski definition) is 1. The molecule has 0 saturated heterocycles. The molecule has 2 rings (SSSR count). The molecular weight excluding hydrogens is 701 g/mol. The van der Waals surface area contributed by atoms with Crippen LogP contribution in [0.25, 0.3) is 0 Å². The van der Waals surface area contributed by atoms with Gasteiger partial charge in [0.2, 0.25) is 0 Å². The summed E-state index contributed by atoms with van der Waals surface area (Å²) in [5.74, 6) is 4.21. The van der Waals surface area contributed by atoms with E-state index in [0.717, 1.165) is 70.6 Å². The van der Waals surface area contributed by atoms with Crippen molar-refractivity contribution in [2.45, 2.75) is 192 Å². The fourth-order valence-corrected chi connectivity index (χ4v) is 11.3. The molecule has 0 amide bonds. The van der Waals surface area contributed by atoms with Crippen LogP contribution in [-0.4, -0.2) is 11.2 Å². The second-order valence-electron chi connectivity index (χ2n) is 21.5. The highest BCUT2D eigenvalue weighted by Gasteiger charge is 2.38. The molecule has 2 aliphatic carbocycles. The predicted octanol–water partition coefficient (Wildman–Crippen LogP) is 17.4. The van der Waals surface area contributed by atoms with E-state index < -0.39 is 0 Å². The van der Waals surface area contributed by atoms with Gasteiger partial charge in [-0.2, -0.15) is 0 Å². The van der Waals surface area contributed by atoms with Crippen molar-refractivity contribution in [2.75, 3.05) is 0 Å². The number of hydrogen-bond donors (Lipinski definition) is 1. The first kappa shape index (κ1) is 52.0. The third kappa shape index (κ3) is 16.1. The van der Waals surface area contributed by atoms with Gasteiger partial charge >= 0.3 is 0 Å². The maximum Gasteiger partial charge on any atom is 0.0582 e. The second kappa shape index (κ2) is 25.0. The van der Waals surface area contributed by atoms with Gasteiger partial charge in [-0.3, -0.25) is 0 Å². The van der Waals surface area contributed by atoms with Gasteiger partial charge in [0.1, 0.15) is 0 Å². The molecule has 0 spiro atoms. The maximum absolute atomic E-state index is 12.5. The van der Waals surface area contributed by atoms with Crippen molar-refractivity contribution in [1.29, 1.82) is 0 Å². The average molecular weight is 797 g/mol. The fourth-order valence-electron chi connectivity index (χ4n) is 11.3. The Bertz CT molecular complexity index is 1400. The van der Waals surface area contributed by atoms with E-state index in [1.165, 1.54) is 65.5 Å². The second-order valence-corrected chi connectivity index (χ2v) is 21.5. The van der Waals surface area contributed by atoms with Crippen molar-refractivity contribution in [3.05, 3.63) is 96.7 Å². The Kier molecular flexibility index (Phi) is 22.4. The molecule has 0 radical (unpaired) electrons. The molecular formula is C57H96O. The van der Waals surface area contributed by atoms with Crippen molar-refractivity contribution in [1.82, 2.24) is 0 Å². The Morgan fingerprint density at radius 3 is 1.98 bits per heavy atom. The van der Waals surface area contributed by atoms with Crippen LogP contribution in [0.5, 0.6) is 0 Å². The minimum Gasteiger partial charge on any atom is -0.393 e. The summed E-state index contributed by atoms with van der Waals surface area (Å²) in [6, 6.07) is 0. The zero-order valence-corrected chi connectivity index (χ0v) is 40.7. The highest BCUT2D eigenvalue weighted by molar-refractivity contribution is 5.33. The van der Waals surface area contributed by atoms with Gasteiger partial charge in [-0.15, -0.1) is 0 Å². The average Bonchev–Trinajstić information content (AvgIpc) is 3.16. The van der Waals surface area contributed by atoms with Gasteiger partial charge in [0, 0.05) is 0 Å². The molecule has 1 heteroatoms. The van der Waals surface area contributed by atoms with E-state index in [1.54, 1.807) is 5.57 Å². The number of aliphatic hydroxyl groups is 1. The summed E-state index contributed by atoms with van der Waals surface area (Å²) >= 11 is 0. The summed E-state index contributed by atoms with van der Waals surface area (Å²) in [7, 11) is 0. The first-order valence-corrected chi connectivity index (χ1v) is 24.2. The van der Waals surface area contributed by atoms with Crippen LogP contribution in [0.15, 0.2) is 96.7 Å². The van der Waals surface area contributed by atoms with Crippen molar-refractivity contribution in [2.24, 2.45) is 70.5 Å². The summed E-state index contributed by atoms with van der Waals surface area (Å²) in [4.78, 5) is 0. The van der Waals surface area contributed by atoms with E-state index in [4.69, 9.17) is 26.3 Å². The van der Waals surface area contributed by atoms with Gasteiger partial charge < -0.3 is 5.11 Å². The summed E-state index contributed by atoms with van der Waals surface area (Å²) < 4.78 is 0. The van der Waals surface area contributed by atoms with Gasteiger partial charge in [-0.1, -0.05) is 207 Å². The number of rotatable bonds is 27. The lowest BCUT2D eigenvalue weighted by atomic mass is 9.66. The van der Waals surface area contributed by atoms with Crippen LogP contribution >= 0.6 is 0 Å². The Balaban J connectivity index is 2.39. The molecule has 0 aromatic rings. The maximum atomic E-state index is 12.5. The normalized spacial score (nSPS) is 20.5. The van der Waals surface area contributed by atoms with Crippen molar-refractivity contribution in [3.63, 3.8) is 0 Å². The predicted molar refractivity (Wildman–Crippen MR) is 261 cm³/mol. The molecule has 0 bridgehead atoms. The Hall–Kier alpha value is -2.12. The molecule has 10 atom stereocenters. The molecule has 58 heavy (non-hydrogen) atoms. The quantitative estimate of drug-likeness (QED) is 0.0648. The third-order valence-corrected chi connectivity index (χ3v) is 15.1. The van der Waals surface area contributed by atoms with Crippen LogP contribution in [0.4, 0.5) is 0 Å². The zero-order valence-electron chi connectivity index (χ0n) is 40.7. The van der Waals surface area contributed by atoms with E-state index in [9.17, 15) is 5.11 Å². The van der Waals surface area contributed by atoms with E-state index >= 15 is 0 Å². The van der Waals surface area contributed by atoms with Gasteiger partial charge in [-0.25, -0.2) is 0 Å². The minimum absolute atomic E-state index is 0.240. The van der Waals surface area contributed by atoms with Crippen LogP contribution in [0.2, 0.25) is 0 Å². The lowest BCUT2D eigenvalue weighted by Crippen LogP contribution is -2.37. The van der Waals surface area contributed by atoms with Gasteiger partial charge in [0.05, 0.1) is 6.10 Å². The highest BCUT2D eigenvalue weighted by atomic mass is 16.3. The fraction of sp³-hybridized carbons (Fsp3) is 0.719. The molecule has 1 nitrogen and oxygen atoms in total. The summed E-state index contributed by atoms with van der Waals surface area (Å²) in [6.45, 7) is 56.2. The summed E-state index contributed by atoms with van der Waals surface area (Å²) in [6.07, 6.45) is 24.6. The third-order valence-electron chi connectivity index (χ3n) is 15.1. The standard InChI is InChI=1S/C57H96O/c1-19-27-53(47(14)44(11)41(8)34-42(9)45(12)55(39(5)6)50-28-23-21-24-29-50)48(15)46(13)52(35-49(20-2)33-32-40(7)37-57(16,17)18)36-54(58)56(43(10)38(3)4)51-30-25-22-26-31-51/h21,23,28,39,41,43,45,48-49,51-56,58H,3,7,9,11,13-14,19-20,22,24-27,29-37H2,1-2,4-6,8,10,12,15-18H3/t41?,43?,45?,48?,49-,52?,53?,54?,55?,56?/m1/s1. The van der Waals surface area contributed by atoms with Crippen LogP contribution in [0, 0.1) is 70.5 Å². The lowest BCUT2D eigenvalue weighted by molar-refractivity contribution is 0.0179. The summed E-state index contributed by atoms with van der Waals surface area (Å²) in [5.41, 5.74) is 9.43. The molecule has 0 aliphatic heterocycles. The molecule has 1 saturated carbocycles. The largest absolute Gasteiger partial charge is 0.393 e. The van der Waals surface area contributed by atoms with Crippen LogP contribution < -0.4 is 0 Å². The molecule has 2 aliphatic rings. The Labute approximate surface area is 362 Å². The lowest BCUT2D eigenvalue weighted by Gasteiger charge is -2.41. The van der Waals surface area contributed by atoms with Crippen molar-refractivity contribution >= 4 is 0 Å².